The van der Waals surface area contributed by atoms with Crippen LogP contribution < -0.4 is 0 Å². The van der Waals surface area contributed by atoms with Gasteiger partial charge in [-0.05, 0) is 47.5 Å². The van der Waals surface area contributed by atoms with Crippen LogP contribution in [0.5, 0.6) is 0 Å². The topological polar surface area (TPSA) is 76.5 Å². The summed E-state index contributed by atoms with van der Waals surface area (Å²) in [6.45, 7) is 0. The van der Waals surface area contributed by atoms with Crippen molar-refractivity contribution in [2.45, 2.75) is 0 Å². The summed E-state index contributed by atoms with van der Waals surface area (Å²) in [7, 11) is 1.82. The Labute approximate surface area is 171 Å². The summed E-state index contributed by atoms with van der Waals surface area (Å²) in [6.07, 6.45) is 2.39. The monoisotopic (exact) mass is 397 g/mol. The number of nitrogens with one attached hydrogen (secondary N) is 1. The van der Waals surface area contributed by atoms with Crippen molar-refractivity contribution < 1.29 is 9.18 Å². The highest BCUT2D eigenvalue weighted by molar-refractivity contribution is 5.87. The third-order valence-electron chi connectivity index (χ3n) is 5.02. The van der Waals surface area contributed by atoms with E-state index in [9.17, 15) is 9.18 Å². The van der Waals surface area contributed by atoms with Gasteiger partial charge in [-0.15, -0.1) is 10.2 Å². The minimum absolute atomic E-state index is 0.337. The largest absolute Gasteiger partial charge is 0.338 e. The summed E-state index contributed by atoms with van der Waals surface area (Å²) in [5.74, 6) is 0.938. The molecule has 5 aromatic rings. The smallest absolute Gasteiger partial charge is 0.164 e. The van der Waals surface area contributed by atoms with E-state index in [1.165, 1.54) is 12.1 Å². The highest BCUT2D eigenvalue weighted by atomic mass is 19.1. The van der Waals surface area contributed by atoms with Gasteiger partial charge in [-0.1, -0.05) is 24.3 Å². The summed E-state index contributed by atoms with van der Waals surface area (Å²) in [5, 5.41) is 8.06. The number of aromatic amines is 1. The van der Waals surface area contributed by atoms with Gasteiger partial charge in [0.15, 0.2) is 5.82 Å². The van der Waals surface area contributed by atoms with Crippen LogP contribution in [0.2, 0.25) is 0 Å². The molecule has 0 atom stereocenters. The Kier molecular flexibility index (Phi) is 4.21. The number of aromatic nitrogens is 5. The maximum Gasteiger partial charge on any atom is 0.164 e. The third-order valence-corrected chi connectivity index (χ3v) is 5.02. The van der Waals surface area contributed by atoms with Crippen LogP contribution >= 0.6 is 0 Å². The number of halogens is 1. The fraction of sp³-hybridized carbons (Fsp3) is 0.0435. The van der Waals surface area contributed by atoms with Gasteiger partial charge in [0.05, 0.1) is 11.0 Å². The Morgan fingerprint density at radius 2 is 1.87 bits per heavy atom. The van der Waals surface area contributed by atoms with Gasteiger partial charge in [-0.2, -0.15) is 0 Å². The Balaban J connectivity index is 1.63. The zero-order valence-corrected chi connectivity index (χ0v) is 16.0. The number of aldehydes is 1. The average molecular weight is 397 g/mol. The number of rotatable bonds is 4. The summed E-state index contributed by atoms with van der Waals surface area (Å²) in [4.78, 5) is 18.9. The lowest BCUT2D eigenvalue weighted by molar-refractivity contribution is 0.112. The molecule has 5 rings (SSSR count). The maximum atomic E-state index is 14.0. The molecule has 146 valence electrons. The molecule has 2 heterocycles. The van der Waals surface area contributed by atoms with E-state index in [1.54, 1.807) is 29.1 Å². The molecule has 0 saturated carbocycles. The number of H-pyrrole nitrogens is 1. The number of aryl methyl sites for hydroxylation is 1. The first-order valence-electron chi connectivity index (χ1n) is 9.32. The molecule has 0 aliphatic heterocycles. The second-order valence-electron chi connectivity index (χ2n) is 7.02. The first kappa shape index (κ1) is 17.9. The average Bonchev–Trinajstić information content (AvgIpc) is 3.39. The quantitative estimate of drug-likeness (QED) is 0.448. The summed E-state index contributed by atoms with van der Waals surface area (Å²) in [5.41, 5.74) is 5.44. The molecule has 30 heavy (non-hydrogen) atoms. The molecule has 0 radical (unpaired) electrons. The number of carbonyl (C=O) groups excluding carboxylic acids is 1. The fourth-order valence-electron chi connectivity index (χ4n) is 3.55. The first-order chi connectivity index (χ1) is 14.6. The highest BCUT2D eigenvalue weighted by Crippen LogP contribution is 2.33. The van der Waals surface area contributed by atoms with Gasteiger partial charge in [-0.25, -0.2) is 9.37 Å². The minimum atomic E-state index is -0.337. The van der Waals surface area contributed by atoms with Crippen LogP contribution in [-0.2, 0) is 7.05 Å². The van der Waals surface area contributed by atoms with E-state index in [-0.39, 0.29) is 5.82 Å². The van der Waals surface area contributed by atoms with E-state index in [1.807, 2.05) is 37.4 Å². The fourth-order valence-corrected chi connectivity index (χ4v) is 3.55. The van der Waals surface area contributed by atoms with Gasteiger partial charge >= 0.3 is 0 Å². The minimum Gasteiger partial charge on any atom is -0.338 e. The molecule has 0 aliphatic carbocycles. The number of carbonyl (C=O) groups is 1. The summed E-state index contributed by atoms with van der Waals surface area (Å²) < 4.78 is 15.8. The molecule has 6 nitrogen and oxygen atoms in total. The van der Waals surface area contributed by atoms with Crippen molar-refractivity contribution in [2.75, 3.05) is 0 Å². The lowest BCUT2D eigenvalue weighted by Gasteiger charge is -2.10. The van der Waals surface area contributed by atoms with Crippen molar-refractivity contribution in [2.24, 2.45) is 7.05 Å². The second kappa shape index (κ2) is 7.04. The van der Waals surface area contributed by atoms with E-state index in [0.717, 1.165) is 34.0 Å². The van der Waals surface area contributed by atoms with E-state index in [2.05, 4.69) is 20.2 Å². The molecule has 0 saturated heterocycles. The number of fused-ring (bicyclic) bond motifs is 1. The van der Waals surface area contributed by atoms with Crippen molar-refractivity contribution in [3.8, 4) is 33.9 Å². The van der Waals surface area contributed by atoms with Crippen molar-refractivity contribution in [1.29, 1.82) is 0 Å². The zero-order chi connectivity index (χ0) is 20.7. The summed E-state index contributed by atoms with van der Waals surface area (Å²) >= 11 is 0. The van der Waals surface area contributed by atoms with Crippen molar-refractivity contribution >= 4 is 17.3 Å². The van der Waals surface area contributed by atoms with Gasteiger partial charge in [0, 0.05) is 23.7 Å². The molecule has 3 aromatic carbocycles. The number of benzene rings is 3. The molecule has 0 bridgehead atoms. The van der Waals surface area contributed by atoms with Crippen molar-refractivity contribution in [3.05, 3.63) is 78.4 Å². The van der Waals surface area contributed by atoms with Gasteiger partial charge in [-0.3, -0.25) is 4.79 Å². The first-order valence-corrected chi connectivity index (χ1v) is 9.32. The molecule has 1 N–H and O–H groups in total. The van der Waals surface area contributed by atoms with E-state index in [0.29, 0.717) is 22.8 Å². The predicted octanol–water partition coefficient (Wildman–Crippen LogP) is 4.64. The van der Waals surface area contributed by atoms with Crippen LogP contribution in [0.4, 0.5) is 4.39 Å². The van der Waals surface area contributed by atoms with Crippen LogP contribution in [-0.4, -0.2) is 31.0 Å². The normalized spacial score (nSPS) is 11.1. The third kappa shape index (κ3) is 3.06. The summed E-state index contributed by atoms with van der Waals surface area (Å²) in [6, 6.07) is 17.8. The van der Waals surface area contributed by atoms with Gasteiger partial charge < -0.3 is 9.55 Å². The van der Waals surface area contributed by atoms with Crippen molar-refractivity contribution in [3.63, 3.8) is 0 Å². The Hall–Kier alpha value is -4.13. The lowest BCUT2D eigenvalue weighted by Crippen LogP contribution is -1.95. The van der Waals surface area contributed by atoms with Crippen LogP contribution in [0, 0.1) is 5.82 Å². The van der Waals surface area contributed by atoms with E-state index < -0.39 is 0 Å². The van der Waals surface area contributed by atoms with Crippen molar-refractivity contribution in [1.82, 2.24) is 24.7 Å². The molecular formula is C23H16FN5O. The Bertz CT molecular complexity index is 1400. The van der Waals surface area contributed by atoms with E-state index in [4.69, 9.17) is 0 Å². The molecule has 0 unspecified atom stereocenters. The number of hydrogen-bond donors (Lipinski definition) is 1. The molecule has 0 amide bonds. The number of hydrogen-bond acceptors (Lipinski definition) is 4. The van der Waals surface area contributed by atoms with Crippen LogP contribution in [0.1, 0.15) is 10.4 Å². The molecular weight excluding hydrogens is 381 g/mol. The maximum absolute atomic E-state index is 14.0. The van der Waals surface area contributed by atoms with Crippen LogP contribution in [0.25, 0.3) is 44.9 Å². The molecule has 7 heteroatoms. The van der Waals surface area contributed by atoms with Gasteiger partial charge in [0.25, 0.3) is 0 Å². The number of nitrogens with zero attached hydrogens (tertiary/aromatic N) is 4. The van der Waals surface area contributed by atoms with Gasteiger partial charge in [0.2, 0.25) is 0 Å². The molecule has 0 aliphatic rings. The zero-order valence-electron chi connectivity index (χ0n) is 16.0. The lowest BCUT2D eigenvalue weighted by atomic mass is 9.97. The standard InChI is InChI=1S/C23H16FN5O/c1-29-13-25-28-23(29)19-11-17(24)6-7-18(19)15-3-2-4-16(10-15)22-26-20-8-5-14(12-30)9-21(20)27-22/h2-13H,1H3,(H,26,27). The highest BCUT2D eigenvalue weighted by Gasteiger charge is 2.14. The second-order valence-corrected chi connectivity index (χ2v) is 7.02. The van der Waals surface area contributed by atoms with E-state index >= 15 is 0 Å². The molecule has 0 spiro atoms. The number of imidazole rings is 1. The van der Waals surface area contributed by atoms with Crippen LogP contribution in [0.15, 0.2) is 67.0 Å². The molecule has 0 fully saturated rings. The Morgan fingerprint density at radius 1 is 1.00 bits per heavy atom. The van der Waals surface area contributed by atoms with Crippen LogP contribution in [0.3, 0.4) is 0 Å². The van der Waals surface area contributed by atoms with Gasteiger partial charge in [0.1, 0.15) is 24.3 Å². The predicted molar refractivity (Wildman–Crippen MR) is 112 cm³/mol. The Morgan fingerprint density at radius 3 is 2.67 bits per heavy atom. The SMILES string of the molecule is Cn1cnnc1-c1cc(F)ccc1-c1cccc(-c2nc3ccc(C=O)cc3[nH]2)c1. The molecule has 2 aromatic heterocycles.